The first-order valence-electron chi connectivity index (χ1n) is 10.7. The molecule has 1 fully saturated rings. The number of aromatic nitrogens is 2. The zero-order valence-electron chi connectivity index (χ0n) is 17.6. The van der Waals surface area contributed by atoms with Gasteiger partial charge in [-0.25, -0.2) is 9.78 Å². The Morgan fingerprint density at radius 1 is 1.09 bits per heavy atom. The SMILES string of the molecule is O=C(Cn1c(=O)oc2ccccc21)N(CCCN1CCOCC1)c1nc2ccccc2s1. The highest BCUT2D eigenvalue weighted by Crippen LogP contribution is 2.29. The third kappa shape index (κ3) is 4.32. The summed E-state index contributed by atoms with van der Waals surface area (Å²) in [5.74, 6) is -0.711. The lowest BCUT2D eigenvalue weighted by molar-refractivity contribution is -0.119. The van der Waals surface area contributed by atoms with Crippen molar-refractivity contribution in [3.63, 3.8) is 0 Å². The Kier molecular flexibility index (Phi) is 6.02. The molecule has 2 aromatic carbocycles. The van der Waals surface area contributed by atoms with E-state index in [9.17, 15) is 9.59 Å². The number of rotatable bonds is 7. The van der Waals surface area contributed by atoms with E-state index in [0.29, 0.717) is 22.8 Å². The molecule has 166 valence electrons. The Morgan fingerprint density at radius 2 is 1.88 bits per heavy atom. The minimum atomic E-state index is -0.530. The van der Waals surface area contributed by atoms with Crippen molar-refractivity contribution in [2.75, 3.05) is 44.3 Å². The molecule has 9 heteroatoms. The van der Waals surface area contributed by atoms with E-state index in [1.165, 1.54) is 15.9 Å². The number of anilines is 1. The van der Waals surface area contributed by atoms with Gasteiger partial charge in [0.2, 0.25) is 5.91 Å². The van der Waals surface area contributed by atoms with E-state index in [-0.39, 0.29) is 12.5 Å². The highest BCUT2D eigenvalue weighted by Gasteiger charge is 2.22. The molecule has 1 amide bonds. The summed E-state index contributed by atoms with van der Waals surface area (Å²) in [5, 5.41) is 0.652. The van der Waals surface area contributed by atoms with Crippen molar-refractivity contribution < 1.29 is 13.9 Å². The lowest BCUT2D eigenvalue weighted by Crippen LogP contribution is -2.40. The van der Waals surface area contributed by atoms with Gasteiger partial charge < -0.3 is 9.15 Å². The molecule has 0 N–H and O–H groups in total. The molecule has 2 aromatic heterocycles. The molecule has 0 bridgehead atoms. The standard InChI is InChI=1S/C23H24N4O4S/c28-21(16-27-18-7-2-3-8-19(18)31-23(27)29)26(11-5-10-25-12-14-30-15-13-25)22-24-17-6-1-4-9-20(17)32-22/h1-4,6-9H,5,10-16H2. The molecule has 4 aromatic rings. The van der Waals surface area contributed by atoms with E-state index in [2.05, 4.69) is 4.90 Å². The second kappa shape index (κ2) is 9.23. The highest BCUT2D eigenvalue weighted by atomic mass is 32.1. The Morgan fingerprint density at radius 3 is 2.72 bits per heavy atom. The summed E-state index contributed by atoms with van der Waals surface area (Å²) in [6.45, 7) is 4.63. The number of morpholine rings is 1. The first-order valence-corrected chi connectivity index (χ1v) is 11.5. The van der Waals surface area contributed by atoms with E-state index in [4.69, 9.17) is 14.1 Å². The third-order valence-corrected chi connectivity index (χ3v) is 6.70. The number of benzene rings is 2. The van der Waals surface area contributed by atoms with Gasteiger partial charge in [-0.2, -0.15) is 0 Å². The van der Waals surface area contributed by atoms with Crippen molar-refractivity contribution in [2.45, 2.75) is 13.0 Å². The number of thiazole rings is 1. The third-order valence-electron chi connectivity index (χ3n) is 5.64. The Balaban J connectivity index is 1.39. The largest absolute Gasteiger partial charge is 0.420 e. The molecule has 0 unspecified atom stereocenters. The van der Waals surface area contributed by atoms with Crippen LogP contribution in [0.2, 0.25) is 0 Å². The molecule has 0 aliphatic carbocycles. The molecule has 32 heavy (non-hydrogen) atoms. The number of amides is 1. The molecule has 3 heterocycles. The number of ether oxygens (including phenoxy) is 1. The smallest absolute Gasteiger partial charge is 0.408 e. The normalized spacial score (nSPS) is 14.9. The van der Waals surface area contributed by atoms with E-state index in [1.54, 1.807) is 23.1 Å². The molecule has 0 spiro atoms. The van der Waals surface area contributed by atoms with Crippen LogP contribution in [0.3, 0.4) is 0 Å². The summed E-state index contributed by atoms with van der Waals surface area (Å²) in [5.41, 5.74) is 1.96. The van der Waals surface area contributed by atoms with Crippen molar-refractivity contribution in [1.29, 1.82) is 0 Å². The Bertz CT molecular complexity index is 1250. The number of hydrogen-bond acceptors (Lipinski definition) is 7. The van der Waals surface area contributed by atoms with Crippen LogP contribution in [0.1, 0.15) is 6.42 Å². The highest BCUT2D eigenvalue weighted by molar-refractivity contribution is 7.22. The van der Waals surface area contributed by atoms with Crippen LogP contribution in [-0.4, -0.2) is 59.8 Å². The molecule has 0 radical (unpaired) electrons. The van der Waals surface area contributed by atoms with Crippen LogP contribution in [0.4, 0.5) is 5.13 Å². The van der Waals surface area contributed by atoms with E-state index in [1.807, 2.05) is 30.3 Å². The average molecular weight is 453 g/mol. The topological polar surface area (TPSA) is 80.8 Å². The molecule has 0 atom stereocenters. The van der Waals surface area contributed by atoms with Gasteiger partial charge in [0.15, 0.2) is 10.7 Å². The van der Waals surface area contributed by atoms with Crippen LogP contribution < -0.4 is 10.7 Å². The van der Waals surface area contributed by atoms with Gasteiger partial charge in [0, 0.05) is 26.2 Å². The van der Waals surface area contributed by atoms with E-state index >= 15 is 0 Å². The molecular weight excluding hydrogens is 428 g/mol. The molecule has 1 saturated heterocycles. The van der Waals surface area contributed by atoms with Crippen molar-refractivity contribution in [3.05, 3.63) is 59.1 Å². The summed E-state index contributed by atoms with van der Waals surface area (Å²) in [6, 6.07) is 15.0. The number of carbonyl (C=O) groups is 1. The van der Waals surface area contributed by atoms with Crippen molar-refractivity contribution in [1.82, 2.24) is 14.5 Å². The summed E-state index contributed by atoms with van der Waals surface area (Å²) in [6.07, 6.45) is 0.808. The van der Waals surface area contributed by atoms with Gasteiger partial charge in [0.05, 0.1) is 28.9 Å². The number of nitrogens with zero attached hydrogens (tertiary/aromatic N) is 4. The first kappa shape index (κ1) is 20.9. The van der Waals surface area contributed by atoms with Crippen molar-refractivity contribution in [3.8, 4) is 0 Å². The molecule has 5 rings (SSSR count). The molecule has 1 aliphatic rings. The fourth-order valence-electron chi connectivity index (χ4n) is 3.96. The van der Waals surface area contributed by atoms with Gasteiger partial charge in [-0.3, -0.25) is 19.2 Å². The number of fused-ring (bicyclic) bond motifs is 2. The first-order chi connectivity index (χ1) is 15.7. The maximum atomic E-state index is 13.4. The van der Waals surface area contributed by atoms with Crippen LogP contribution in [0.15, 0.2) is 57.7 Å². The maximum absolute atomic E-state index is 13.4. The second-order valence-corrected chi connectivity index (χ2v) is 8.75. The number of hydrogen-bond donors (Lipinski definition) is 0. The number of oxazole rings is 1. The summed E-state index contributed by atoms with van der Waals surface area (Å²) in [7, 11) is 0. The average Bonchev–Trinajstić information content (AvgIpc) is 3.38. The predicted molar refractivity (Wildman–Crippen MR) is 124 cm³/mol. The predicted octanol–water partition coefficient (Wildman–Crippen LogP) is 2.96. The number of para-hydroxylation sites is 3. The molecule has 0 saturated carbocycles. The van der Waals surface area contributed by atoms with Crippen LogP contribution in [0.5, 0.6) is 0 Å². The zero-order valence-corrected chi connectivity index (χ0v) is 18.4. The van der Waals surface area contributed by atoms with Gasteiger partial charge in [-0.1, -0.05) is 35.6 Å². The molecular formula is C23H24N4O4S. The summed E-state index contributed by atoms with van der Waals surface area (Å²) < 4.78 is 13.1. The van der Waals surface area contributed by atoms with Crippen LogP contribution in [0, 0.1) is 0 Å². The molecule has 8 nitrogen and oxygen atoms in total. The second-order valence-electron chi connectivity index (χ2n) is 7.74. The zero-order chi connectivity index (χ0) is 21.9. The monoisotopic (exact) mass is 452 g/mol. The van der Waals surface area contributed by atoms with Crippen molar-refractivity contribution >= 4 is 43.7 Å². The van der Waals surface area contributed by atoms with Gasteiger partial charge in [0.25, 0.3) is 0 Å². The van der Waals surface area contributed by atoms with E-state index < -0.39 is 5.76 Å². The van der Waals surface area contributed by atoms with Crippen LogP contribution in [-0.2, 0) is 16.1 Å². The van der Waals surface area contributed by atoms with Crippen LogP contribution in [0.25, 0.3) is 21.3 Å². The fraction of sp³-hybridized carbons (Fsp3) is 0.348. The minimum absolute atomic E-state index is 0.0939. The Labute approximate surface area is 188 Å². The summed E-state index contributed by atoms with van der Waals surface area (Å²) in [4.78, 5) is 34.6. The van der Waals surface area contributed by atoms with Crippen LogP contribution >= 0.6 is 11.3 Å². The minimum Gasteiger partial charge on any atom is -0.408 e. The lowest BCUT2D eigenvalue weighted by atomic mass is 10.3. The van der Waals surface area contributed by atoms with Gasteiger partial charge in [0.1, 0.15) is 6.54 Å². The van der Waals surface area contributed by atoms with Gasteiger partial charge >= 0.3 is 5.76 Å². The summed E-state index contributed by atoms with van der Waals surface area (Å²) >= 11 is 1.49. The lowest BCUT2D eigenvalue weighted by Gasteiger charge is -2.27. The fourth-order valence-corrected chi connectivity index (χ4v) is 4.97. The van der Waals surface area contributed by atoms with E-state index in [0.717, 1.165) is 49.5 Å². The quantitative estimate of drug-likeness (QED) is 0.429. The van der Waals surface area contributed by atoms with Gasteiger partial charge in [-0.05, 0) is 30.7 Å². The maximum Gasteiger partial charge on any atom is 0.420 e. The molecule has 1 aliphatic heterocycles. The Hall–Kier alpha value is -3.01. The van der Waals surface area contributed by atoms with Crippen molar-refractivity contribution in [2.24, 2.45) is 0 Å². The van der Waals surface area contributed by atoms with Gasteiger partial charge in [-0.15, -0.1) is 0 Å². The number of carbonyl (C=O) groups excluding carboxylic acids is 1.